The van der Waals surface area contributed by atoms with Crippen LogP contribution in [0.15, 0.2) is 59.5 Å². The van der Waals surface area contributed by atoms with Gasteiger partial charge >= 0.3 is 0 Å². The van der Waals surface area contributed by atoms with Gasteiger partial charge in [0.1, 0.15) is 0 Å². The van der Waals surface area contributed by atoms with Crippen molar-refractivity contribution in [2.24, 2.45) is 11.8 Å². The van der Waals surface area contributed by atoms with E-state index in [-0.39, 0.29) is 16.8 Å². The molecular weight excluding hydrogens is 410 g/mol. The maximum absolute atomic E-state index is 13.1. The topological polar surface area (TPSA) is 69.7 Å². The summed E-state index contributed by atoms with van der Waals surface area (Å²) in [5, 5.41) is 3.47. The molecule has 0 spiro atoms. The summed E-state index contributed by atoms with van der Waals surface area (Å²) in [4.78, 5) is 15.0. The second-order valence-corrected chi connectivity index (χ2v) is 11.0. The molecule has 2 aliphatic rings. The number of rotatable bonds is 5. The number of anilines is 1. The minimum absolute atomic E-state index is 0.0541. The van der Waals surface area contributed by atoms with E-state index in [1.807, 2.05) is 35.2 Å². The highest BCUT2D eigenvalue weighted by Gasteiger charge is 2.32. The zero-order valence-electron chi connectivity index (χ0n) is 18.2. The van der Waals surface area contributed by atoms with Gasteiger partial charge in [0.05, 0.1) is 4.90 Å². The van der Waals surface area contributed by atoms with Crippen LogP contribution in [-0.2, 0) is 10.0 Å². The highest BCUT2D eigenvalue weighted by atomic mass is 32.2. The van der Waals surface area contributed by atoms with Crippen LogP contribution < -0.4 is 5.32 Å². The molecule has 2 aromatic carbocycles. The summed E-state index contributed by atoms with van der Waals surface area (Å²) >= 11 is 0. The third-order valence-corrected chi connectivity index (χ3v) is 8.04. The van der Waals surface area contributed by atoms with E-state index >= 15 is 0 Å². The van der Waals surface area contributed by atoms with Crippen LogP contribution in [0.3, 0.4) is 0 Å². The summed E-state index contributed by atoms with van der Waals surface area (Å²) in [5.41, 5.74) is 1.58. The Bertz CT molecular complexity index is 998. The fraction of sp³-hybridized carbons (Fsp3) is 0.458. The molecule has 2 aliphatic heterocycles. The van der Waals surface area contributed by atoms with Gasteiger partial charge in [0, 0.05) is 43.5 Å². The van der Waals surface area contributed by atoms with Crippen LogP contribution in [0.4, 0.5) is 5.69 Å². The zero-order chi connectivity index (χ0) is 22.0. The van der Waals surface area contributed by atoms with E-state index in [0.717, 1.165) is 18.5 Å². The van der Waals surface area contributed by atoms with Crippen LogP contribution in [0.25, 0.3) is 0 Å². The van der Waals surface area contributed by atoms with Gasteiger partial charge < -0.3 is 10.2 Å². The lowest BCUT2D eigenvalue weighted by atomic mass is 9.94. The van der Waals surface area contributed by atoms with Gasteiger partial charge in [-0.15, -0.1) is 0 Å². The first-order valence-corrected chi connectivity index (χ1v) is 12.5. The number of nitrogens with zero attached hydrogens (tertiary/aromatic N) is 2. The normalized spacial score (nSPS) is 24.8. The second-order valence-electron chi connectivity index (χ2n) is 9.04. The molecule has 6 nitrogen and oxygen atoms in total. The van der Waals surface area contributed by atoms with E-state index in [2.05, 4.69) is 19.2 Å². The molecule has 2 fully saturated rings. The largest absolute Gasteiger partial charge is 0.380 e. The summed E-state index contributed by atoms with van der Waals surface area (Å²) in [6, 6.07) is 16.6. The summed E-state index contributed by atoms with van der Waals surface area (Å²) in [6.45, 7) is 6.62. The molecule has 2 saturated heterocycles. The minimum atomic E-state index is -3.53. The Morgan fingerprint density at radius 2 is 1.58 bits per heavy atom. The Morgan fingerprint density at radius 1 is 0.935 bits per heavy atom. The third-order valence-electron chi connectivity index (χ3n) is 6.19. The lowest BCUT2D eigenvalue weighted by molar-refractivity contribution is 0.0791. The van der Waals surface area contributed by atoms with Gasteiger partial charge in [-0.1, -0.05) is 32.0 Å². The van der Waals surface area contributed by atoms with Gasteiger partial charge in [0.2, 0.25) is 10.0 Å². The van der Waals surface area contributed by atoms with E-state index < -0.39 is 10.0 Å². The molecule has 7 heteroatoms. The fourth-order valence-corrected chi connectivity index (χ4v) is 6.42. The average Bonchev–Trinajstić information content (AvgIpc) is 3.22. The molecule has 4 rings (SSSR count). The molecular formula is C24H31N3O3S. The number of carbonyl (C=O) groups excluding carboxylic acids is 1. The number of nitrogens with one attached hydrogen (secondary N) is 1. The van der Waals surface area contributed by atoms with E-state index in [4.69, 9.17) is 0 Å². The number of hydrogen-bond donors (Lipinski definition) is 1. The van der Waals surface area contributed by atoms with Crippen LogP contribution in [0.1, 0.15) is 37.0 Å². The number of hydrogen-bond acceptors (Lipinski definition) is 4. The van der Waals surface area contributed by atoms with Crippen molar-refractivity contribution in [3.63, 3.8) is 0 Å². The SMILES string of the molecule is CC1CC(C)CN(S(=O)(=O)c2ccc(C(=O)N3CCC(Nc4ccccc4)C3)cc2)C1. The van der Waals surface area contributed by atoms with Crippen LogP contribution in [0.5, 0.6) is 0 Å². The molecule has 0 bridgehead atoms. The van der Waals surface area contributed by atoms with Crippen molar-refractivity contribution in [1.29, 1.82) is 0 Å². The predicted octanol–water partition coefficient (Wildman–Crippen LogP) is 3.68. The molecule has 0 aliphatic carbocycles. The Hall–Kier alpha value is -2.38. The van der Waals surface area contributed by atoms with Gasteiger partial charge in [-0.25, -0.2) is 8.42 Å². The Morgan fingerprint density at radius 3 is 2.23 bits per heavy atom. The number of benzene rings is 2. The number of amides is 1. The number of para-hydroxylation sites is 1. The van der Waals surface area contributed by atoms with Crippen LogP contribution in [-0.4, -0.2) is 55.8 Å². The summed E-state index contributed by atoms with van der Waals surface area (Å²) in [7, 11) is -3.53. The molecule has 1 amide bonds. The Kier molecular flexibility index (Phi) is 6.34. The van der Waals surface area contributed by atoms with Crippen LogP contribution in [0.2, 0.25) is 0 Å². The quantitative estimate of drug-likeness (QED) is 0.769. The van der Waals surface area contributed by atoms with E-state index in [1.54, 1.807) is 28.6 Å². The molecule has 0 radical (unpaired) electrons. The fourth-order valence-electron chi connectivity index (χ4n) is 4.74. The first kappa shape index (κ1) is 21.8. The Balaban J connectivity index is 1.40. The second kappa shape index (κ2) is 9.01. The lowest BCUT2D eigenvalue weighted by Crippen LogP contribution is -2.42. The van der Waals surface area contributed by atoms with Crippen molar-refractivity contribution in [3.8, 4) is 0 Å². The van der Waals surface area contributed by atoms with Crippen LogP contribution in [0, 0.1) is 11.8 Å². The van der Waals surface area contributed by atoms with Crippen molar-refractivity contribution < 1.29 is 13.2 Å². The van der Waals surface area contributed by atoms with Gasteiger partial charge in [-0.2, -0.15) is 4.31 Å². The first-order valence-electron chi connectivity index (χ1n) is 11.0. The zero-order valence-corrected chi connectivity index (χ0v) is 19.0. The molecule has 0 aromatic heterocycles. The van der Waals surface area contributed by atoms with Crippen molar-refractivity contribution >= 4 is 21.6 Å². The molecule has 1 N–H and O–H groups in total. The standard InChI is InChI=1S/C24H31N3O3S/c1-18-14-19(2)16-27(15-18)31(29,30)23-10-8-20(9-11-23)24(28)26-13-12-22(17-26)25-21-6-4-3-5-7-21/h3-11,18-19,22,25H,12-17H2,1-2H3. The molecule has 3 unspecified atom stereocenters. The molecule has 0 saturated carbocycles. The van der Waals surface area contributed by atoms with Crippen molar-refractivity contribution in [2.75, 3.05) is 31.5 Å². The number of piperidine rings is 1. The van der Waals surface area contributed by atoms with Gasteiger partial charge in [0.25, 0.3) is 5.91 Å². The van der Waals surface area contributed by atoms with Gasteiger partial charge in [-0.3, -0.25) is 4.79 Å². The smallest absolute Gasteiger partial charge is 0.253 e. The average molecular weight is 442 g/mol. The summed E-state index contributed by atoms with van der Waals surface area (Å²) in [6.07, 6.45) is 1.94. The van der Waals surface area contributed by atoms with Crippen LogP contribution >= 0.6 is 0 Å². The maximum atomic E-state index is 13.1. The maximum Gasteiger partial charge on any atom is 0.253 e. The van der Waals surface area contributed by atoms with E-state index in [0.29, 0.717) is 43.6 Å². The minimum Gasteiger partial charge on any atom is -0.380 e. The van der Waals surface area contributed by atoms with E-state index in [1.165, 1.54) is 0 Å². The summed E-state index contributed by atoms with van der Waals surface area (Å²) in [5.74, 6) is 0.653. The van der Waals surface area contributed by atoms with Crippen molar-refractivity contribution in [3.05, 3.63) is 60.2 Å². The van der Waals surface area contributed by atoms with Crippen molar-refractivity contribution in [2.45, 2.75) is 37.6 Å². The van der Waals surface area contributed by atoms with Crippen molar-refractivity contribution in [1.82, 2.24) is 9.21 Å². The predicted molar refractivity (Wildman–Crippen MR) is 123 cm³/mol. The highest BCUT2D eigenvalue weighted by molar-refractivity contribution is 7.89. The number of sulfonamides is 1. The molecule has 31 heavy (non-hydrogen) atoms. The molecule has 166 valence electrons. The number of carbonyl (C=O) groups is 1. The third kappa shape index (κ3) is 4.93. The molecule has 3 atom stereocenters. The summed E-state index contributed by atoms with van der Waals surface area (Å²) < 4.78 is 27.7. The van der Waals surface area contributed by atoms with E-state index in [9.17, 15) is 13.2 Å². The highest BCUT2D eigenvalue weighted by Crippen LogP contribution is 2.27. The van der Waals surface area contributed by atoms with Gasteiger partial charge in [0.15, 0.2) is 0 Å². The number of likely N-dealkylation sites (tertiary alicyclic amines) is 1. The lowest BCUT2D eigenvalue weighted by Gasteiger charge is -2.34. The van der Waals surface area contributed by atoms with Gasteiger partial charge in [-0.05, 0) is 61.1 Å². The Labute approximate surface area is 185 Å². The monoisotopic (exact) mass is 441 g/mol. The molecule has 2 heterocycles. The first-order chi connectivity index (χ1) is 14.8. The molecule has 2 aromatic rings.